The van der Waals surface area contributed by atoms with Crippen LogP contribution >= 0.6 is 11.3 Å². The van der Waals surface area contributed by atoms with Crippen LogP contribution in [0.15, 0.2) is 17.5 Å². The molecule has 0 aromatic carbocycles. The third-order valence-electron chi connectivity index (χ3n) is 4.54. The van der Waals surface area contributed by atoms with Gasteiger partial charge in [0, 0.05) is 44.5 Å². The zero-order chi connectivity index (χ0) is 15.4. The van der Waals surface area contributed by atoms with Crippen molar-refractivity contribution in [2.45, 2.75) is 39.2 Å². The number of thiazole rings is 1. The van der Waals surface area contributed by atoms with E-state index in [1.165, 1.54) is 5.69 Å². The lowest BCUT2D eigenvalue weighted by Gasteiger charge is -2.22. The molecule has 1 atom stereocenters. The van der Waals surface area contributed by atoms with Gasteiger partial charge in [0.1, 0.15) is 0 Å². The van der Waals surface area contributed by atoms with Gasteiger partial charge in [0.2, 0.25) is 5.91 Å². The fourth-order valence-corrected chi connectivity index (χ4v) is 3.91. The van der Waals surface area contributed by atoms with Crippen LogP contribution in [0.1, 0.15) is 36.4 Å². The normalized spacial score (nSPS) is 23.0. The topological polar surface area (TPSA) is 36.4 Å². The van der Waals surface area contributed by atoms with E-state index in [1.807, 2.05) is 0 Å². The predicted octanol–water partition coefficient (Wildman–Crippen LogP) is 2.84. The highest BCUT2D eigenvalue weighted by molar-refractivity contribution is 7.09. The van der Waals surface area contributed by atoms with Crippen LogP contribution in [0.2, 0.25) is 0 Å². The number of amides is 1. The van der Waals surface area contributed by atoms with Crippen LogP contribution in [0.5, 0.6) is 0 Å². The number of hydrogen-bond acceptors (Lipinski definition) is 4. The fourth-order valence-electron chi connectivity index (χ4n) is 3.31. The summed E-state index contributed by atoms with van der Waals surface area (Å²) < 4.78 is 0. The average molecular weight is 319 g/mol. The molecule has 1 amide bonds. The van der Waals surface area contributed by atoms with Gasteiger partial charge in [0.15, 0.2) is 0 Å². The Hall–Kier alpha value is -1.20. The molecule has 120 valence electrons. The summed E-state index contributed by atoms with van der Waals surface area (Å²) in [6.45, 7) is 6.75. The Morgan fingerprint density at radius 2 is 2.27 bits per heavy atom. The van der Waals surface area contributed by atoms with Crippen LogP contribution in [-0.4, -0.2) is 46.9 Å². The van der Waals surface area contributed by atoms with E-state index in [1.54, 1.807) is 11.3 Å². The van der Waals surface area contributed by atoms with Crippen LogP contribution in [0, 0.1) is 12.8 Å². The molecule has 0 unspecified atom stereocenters. The Balaban J connectivity index is 1.48. The lowest BCUT2D eigenvalue weighted by Crippen LogP contribution is -2.35. The predicted molar refractivity (Wildman–Crippen MR) is 89.8 cm³/mol. The molecule has 1 aliphatic carbocycles. The third-order valence-corrected chi connectivity index (χ3v) is 5.36. The summed E-state index contributed by atoms with van der Waals surface area (Å²) in [6, 6.07) is 0. The number of aryl methyl sites for hydroxylation is 1. The van der Waals surface area contributed by atoms with Crippen LogP contribution in [0.3, 0.4) is 0 Å². The molecule has 5 heteroatoms. The standard InChI is InChI=1S/C17H25N3OS/c1-14-18-16(13-22-14)12-19-7-4-8-20(10-9-19)17(21)11-15-5-2-3-6-15/h2,5,13,15H,3-4,6-12H2,1H3/t15-/m1/s1. The van der Waals surface area contributed by atoms with E-state index < -0.39 is 0 Å². The second-order valence-electron chi connectivity index (χ2n) is 6.34. The first-order chi connectivity index (χ1) is 10.7. The summed E-state index contributed by atoms with van der Waals surface area (Å²) >= 11 is 1.71. The van der Waals surface area contributed by atoms with E-state index in [9.17, 15) is 4.79 Å². The van der Waals surface area contributed by atoms with E-state index in [0.29, 0.717) is 18.2 Å². The smallest absolute Gasteiger partial charge is 0.223 e. The van der Waals surface area contributed by atoms with Crippen LogP contribution < -0.4 is 0 Å². The Morgan fingerprint density at radius 1 is 1.36 bits per heavy atom. The molecule has 1 fully saturated rings. The van der Waals surface area contributed by atoms with Gasteiger partial charge in [0.25, 0.3) is 0 Å². The molecule has 3 rings (SSSR count). The highest BCUT2D eigenvalue weighted by atomic mass is 32.1. The number of hydrogen-bond donors (Lipinski definition) is 0. The summed E-state index contributed by atoms with van der Waals surface area (Å²) in [5.74, 6) is 0.813. The van der Waals surface area contributed by atoms with E-state index in [-0.39, 0.29) is 0 Å². The van der Waals surface area contributed by atoms with Gasteiger partial charge in [-0.3, -0.25) is 9.69 Å². The maximum absolute atomic E-state index is 12.4. The maximum atomic E-state index is 12.4. The SMILES string of the molecule is Cc1nc(CN2CCCN(C(=O)C[C@@H]3C=CCC3)CC2)cs1. The van der Waals surface area contributed by atoms with E-state index in [0.717, 1.165) is 57.0 Å². The minimum atomic E-state index is 0.336. The van der Waals surface area contributed by atoms with Gasteiger partial charge in [-0.05, 0) is 32.1 Å². The molecule has 1 aromatic rings. The number of carbonyl (C=O) groups is 1. The lowest BCUT2D eigenvalue weighted by atomic mass is 10.0. The Kier molecular flexibility index (Phi) is 5.26. The minimum absolute atomic E-state index is 0.336. The largest absolute Gasteiger partial charge is 0.341 e. The van der Waals surface area contributed by atoms with E-state index >= 15 is 0 Å². The molecule has 0 radical (unpaired) electrons. The number of carbonyl (C=O) groups excluding carboxylic acids is 1. The van der Waals surface area contributed by atoms with Crippen molar-refractivity contribution in [3.8, 4) is 0 Å². The minimum Gasteiger partial charge on any atom is -0.341 e. The first-order valence-corrected chi connectivity index (χ1v) is 9.16. The summed E-state index contributed by atoms with van der Waals surface area (Å²) in [5.41, 5.74) is 1.17. The summed E-state index contributed by atoms with van der Waals surface area (Å²) in [7, 11) is 0. The second-order valence-corrected chi connectivity index (χ2v) is 7.40. The number of allylic oxidation sites excluding steroid dienone is 2. The Labute approximate surface area is 136 Å². The molecular weight excluding hydrogens is 294 g/mol. The first-order valence-electron chi connectivity index (χ1n) is 8.28. The van der Waals surface area contributed by atoms with Crippen molar-refractivity contribution in [2.75, 3.05) is 26.2 Å². The van der Waals surface area contributed by atoms with Crippen molar-refractivity contribution in [1.29, 1.82) is 0 Å². The van der Waals surface area contributed by atoms with Crippen LogP contribution in [-0.2, 0) is 11.3 Å². The van der Waals surface area contributed by atoms with Gasteiger partial charge >= 0.3 is 0 Å². The highest BCUT2D eigenvalue weighted by Crippen LogP contribution is 2.21. The molecule has 1 aromatic heterocycles. The Morgan fingerprint density at radius 3 is 3.00 bits per heavy atom. The number of rotatable bonds is 4. The fraction of sp³-hybridized carbons (Fsp3) is 0.647. The summed E-state index contributed by atoms with van der Waals surface area (Å²) in [5, 5.41) is 3.28. The molecule has 4 nitrogen and oxygen atoms in total. The first kappa shape index (κ1) is 15.7. The number of aromatic nitrogens is 1. The Bertz CT molecular complexity index is 540. The summed E-state index contributed by atoms with van der Waals surface area (Å²) in [4.78, 5) is 21.5. The molecule has 1 aliphatic heterocycles. The molecule has 0 spiro atoms. The van der Waals surface area contributed by atoms with Gasteiger partial charge in [-0.15, -0.1) is 11.3 Å². The van der Waals surface area contributed by atoms with Gasteiger partial charge < -0.3 is 4.90 Å². The molecular formula is C17H25N3OS. The van der Waals surface area contributed by atoms with Crippen LogP contribution in [0.4, 0.5) is 0 Å². The summed E-state index contributed by atoms with van der Waals surface area (Å²) in [6.07, 6.45) is 8.47. The van der Waals surface area contributed by atoms with Gasteiger partial charge in [-0.1, -0.05) is 12.2 Å². The second kappa shape index (κ2) is 7.38. The molecule has 2 heterocycles. The van der Waals surface area contributed by atoms with Crippen LogP contribution in [0.25, 0.3) is 0 Å². The molecule has 0 bridgehead atoms. The van der Waals surface area contributed by atoms with Gasteiger partial charge in [-0.2, -0.15) is 0 Å². The average Bonchev–Trinajstić information content (AvgIpc) is 3.07. The zero-order valence-electron chi connectivity index (χ0n) is 13.3. The molecule has 0 N–H and O–H groups in total. The van der Waals surface area contributed by atoms with Crippen molar-refractivity contribution in [3.63, 3.8) is 0 Å². The number of nitrogens with zero attached hydrogens (tertiary/aromatic N) is 3. The van der Waals surface area contributed by atoms with Gasteiger partial charge in [0.05, 0.1) is 10.7 Å². The van der Waals surface area contributed by atoms with E-state index in [4.69, 9.17) is 0 Å². The van der Waals surface area contributed by atoms with Crippen molar-refractivity contribution >= 4 is 17.2 Å². The van der Waals surface area contributed by atoms with Crippen molar-refractivity contribution < 1.29 is 4.79 Å². The quantitative estimate of drug-likeness (QED) is 0.801. The molecule has 2 aliphatic rings. The van der Waals surface area contributed by atoms with E-state index in [2.05, 4.69) is 39.2 Å². The highest BCUT2D eigenvalue weighted by Gasteiger charge is 2.22. The third kappa shape index (κ3) is 4.17. The maximum Gasteiger partial charge on any atom is 0.223 e. The van der Waals surface area contributed by atoms with Gasteiger partial charge in [-0.25, -0.2) is 4.98 Å². The molecule has 1 saturated heterocycles. The van der Waals surface area contributed by atoms with Crippen molar-refractivity contribution in [3.05, 3.63) is 28.2 Å². The zero-order valence-corrected chi connectivity index (χ0v) is 14.1. The molecule has 0 saturated carbocycles. The molecule has 22 heavy (non-hydrogen) atoms. The lowest BCUT2D eigenvalue weighted by molar-refractivity contribution is -0.131. The van der Waals surface area contributed by atoms with Crippen molar-refractivity contribution in [2.24, 2.45) is 5.92 Å². The monoisotopic (exact) mass is 319 g/mol. The van der Waals surface area contributed by atoms with Crippen molar-refractivity contribution in [1.82, 2.24) is 14.8 Å².